The molecule has 0 aliphatic rings. The highest BCUT2D eigenvalue weighted by Crippen LogP contribution is 2.31. The third-order valence-electron chi connectivity index (χ3n) is 6.44. The molecule has 0 bridgehead atoms. The van der Waals surface area contributed by atoms with Crippen molar-refractivity contribution in [1.29, 1.82) is 0 Å². The minimum Gasteiger partial charge on any atom is -0.225 e. The van der Waals surface area contributed by atoms with Crippen LogP contribution in [0.25, 0.3) is 38.9 Å². The molecule has 2 nitrogen and oxygen atoms in total. The Morgan fingerprint density at radius 2 is 1.58 bits per heavy atom. The lowest BCUT2D eigenvalue weighted by Crippen LogP contribution is -2.33. The first kappa shape index (κ1) is 19.6. The first-order valence-corrected chi connectivity index (χ1v) is 11.1. The normalized spacial score (nSPS) is 11.7. The maximum atomic E-state index is 2.45. The van der Waals surface area contributed by atoms with Crippen molar-refractivity contribution in [2.45, 2.75) is 33.6 Å². The molecule has 31 heavy (non-hydrogen) atoms. The molecule has 5 aromatic rings. The van der Waals surface area contributed by atoms with Crippen molar-refractivity contribution in [2.75, 3.05) is 0 Å². The van der Waals surface area contributed by atoms with Crippen LogP contribution < -0.4 is 4.57 Å². The van der Waals surface area contributed by atoms with Crippen molar-refractivity contribution < 1.29 is 4.57 Å². The lowest BCUT2D eigenvalue weighted by atomic mass is 10.0. The van der Waals surface area contributed by atoms with Crippen LogP contribution in [0.3, 0.4) is 0 Å². The van der Waals surface area contributed by atoms with Gasteiger partial charge in [0.15, 0.2) is 11.0 Å². The van der Waals surface area contributed by atoms with E-state index in [1.165, 1.54) is 55.6 Å². The average Bonchev–Trinajstić information content (AvgIpc) is 3.06. The van der Waals surface area contributed by atoms with E-state index in [9.17, 15) is 0 Å². The maximum Gasteiger partial charge on any atom is 0.295 e. The molecular weight excluding hydrogens is 376 g/mol. The smallest absolute Gasteiger partial charge is 0.225 e. The van der Waals surface area contributed by atoms with Crippen LogP contribution >= 0.6 is 0 Å². The van der Waals surface area contributed by atoms with Crippen LogP contribution in [0.1, 0.15) is 36.5 Å². The van der Waals surface area contributed by atoms with Gasteiger partial charge >= 0.3 is 0 Å². The van der Waals surface area contributed by atoms with Gasteiger partial charge in [-0.15, -0.1) is 0 Å². The highest BCUT2D eigenvalue weighted by Gasteiger charge is 2.28. The Labute approximate surface area is 184 Å². The van der Waals surface area contributed by atoms with Crippen LogP contribution in [0.2, 0.25) is 0 Å². The fourth-order valence-electron chi connectivity index (χ4n) is 4.66. The van der Waals surface area contributed by atoms with Crippen LogP contribution in [-0.4, -0.2) is 4.57 Å². The Kier molecular flexibility index (Phi) is 4.66. The summed E-state index contributed by atoms with van der Waals surface area (Å²) in [6.07, 6.45) is 0. The molecule has 0 aliphatic heterocycles. The molecule has 0 N–H and O–H groups in total. The van der Waals surface area contributed by atoms with Crippen LogP contribution in [0.15, 0.2) is 78.9 Å². The van der Waals surface area contributed by atoms with E-state index in [4.69, 9.17) is 0 Å². The van der Waals surface area contributed by atoms with Gasteiger partial charge in [-0.3, -0.25) is 0 Å². The van der Waals surface area contributed by atoms with Gasteiger partial charge in [-0.05, 0) is 60.5 Å². The van der Waals surface area contributed by atoms with E-state index in [1.807, 2.05) is 0 Å². The van der Waals surface area contributed by atoms with Crippen molar-refractivity contribution >= 4 is 21.8 Å². The predicted octanol–water partition coefficient (Wildman–Crippen LogP) is 7.02. The summed E-state index contributed by atoms with van der Waals surface area (Å²) >= 11 is 0. The zero-order valence-electron chi connectivity index (χ0n) is 19.0. The largest absolute Gasteiger partial charge is 0.295 e. The number of rotatable bonds is 3. The van der Waals surface area contributed by atoms with Gasteiger partial charge in [0.25, 0.3) is 5.82 Å². The fourth-order valence-corrected chi connectivity index (χ4v) is 4.66. The quantitative estimate of drug-likeness (QED) is 0.285. The van der Waals surface area contributed by atoms with E-state index in [1.54, 1.807) is 0 Å². The van der Waals surface area contributed by atoms with Crippen LogP contribution in [-0.2, 0) is 7.05 Å². The van der Waals surface area contributed by atoms with Gasteiger partial charge in [0.05, 0.1) is 12.6 Å². The third kappa shape index (κ3) is 3.14. The molecular formula is C29H29N2+. The lowest BCUT2D eigenvalue weighted by molar-refractivity contribution is -0.554. The van der Waals surface area contributed by atoms with Gasteiger partial charge in [-0.25, -0.2) is 4.57 Å². The summed E-state index contributed by atoms with van der Waals surface area (Å²) in [5.41, 5.74) is 8.92. The summed E-state index contributed by atoms with van der Waals surface area (Å²) in [4.78, 5) is 0. The minimum absolute atomic E-state index is 0.495. The SMILES string of the molecule is Cc1ccc(C)c(-c2n(C)c3cc(C(C)C)ccc3[n+]2-c2cccc3ccccc23)c1. The van der Waals surface area contributed by atoms with Crippen molar-refractivity contribution in [3.8, 4) is 17.1 Å². The van der Waals surface area contributed by atoms with Crippen LogP contribution in [0.5, 0.6) is 0 Å². The van der Waals surface area contributed by atoms with Crippen molar-refractivity contribution in [2.24, 2.45) is 7.05 Å². The van der Waals surface area contributed by atoms with E-state index in [0.29, 0.717) is 5.92 Å². The topological polar surface area (TPSA) is 8.81 Å². The first-order chi connectivity index (χ1) is 15.0. The van der Waals surface area contributed by atoms with Gasteiger partial charge in [0, 0.05) is 5.39 Å². The van der Waals surface area contributed by atoms with Crippen molar-refractivity contribution in [3.63, 3.8) is 0 Å². The van der Waals surface area contributed by atoms with E-state index in [-0.39, 0.29) is 0 Å². The number of nitrogens with zero attached hydrogens (tertiary/aromatic N) is 2. The first-order valence-electron chi connectivity index (χ1n) is 11.1. The van der Waals surface area contributed by atoms with Crippen molar-refractivity contribution in [1.82, 2.24) is 4.57 Å². The third-order valence-corrected chi connectivity index (χ3v) is 6.44. The summed E-state index contributed by atoms with van der Waals surface area (Å²) in [6.45, 7) is 8.90. The second-order valence-electron chi connectivity index (χ2n) is 8.94. The molecule has 0 amide bonds. The van der Waals surface area contributed by atoms with Gasteiger partial charge < -0.3 is 0 Å². The van der Waals surface area contributed by atoms with E-state index < -0.39 is 0 Å². The summed E-state index contributed by atoms with van der Waals surface area (Å²) in [5.74, 6) is 1.71. The van der Waals surface area contributed by atoms with Gasteiger partial charge in [-0.2, -0.15) is 4.57 Å². The van der Waals surface area contributed by atoms with Crippen LogP contribution in [0, 0.1) is 13.8 Å². The summed E-state index contributed by atoms with van der Waals surface area (Å²) in [7, 11) is 2.20. The Balaban J connectivity index is 1.96. The minimum atomic E-state index is 0.495. The number of hydrogen-bond donors (Lipinski definition) is 0. The Morgan fingerprint density at radius 3 is 2.39 bits per heavy atom. The predicted molar refractivity (Wildman–Crippen MR) is 131 cm³/mol. The highest BCUT2D eigenvalue weighted by atomic mass is 15.2. The molecule has 5 rings (SSSR count). The maximum absolute atomic E-state index is 2.45. The Morgan fingerprint density at radius 1 is 0.806 bits per heavy atom. The number of aryl methyl sites for hydroxylation is 3. The van der Waals surface area contributed by atoms with E-state index in [2.05, 4.69) is 123 Å². The van der Waals surface area contributed by atoms with Gasteiger partial charge in [0.1, 0.15) is 5.69 Å². The fraction of sp³-hybridized carbons (Fsp3) is 0.207. The number of fused-ring (bicyclic) bond motifs is 2. The molecule has 154 valence electrons. The van der Waals surface area contributed by atoms with Crippen LogP contribution in [0.4, 0.5) is 0 Å². The molecule has 0 atom stereocenters. The standard InChI is InChI=1S/C29H29N2/c1-19(2)23-15-16-27-28(18-23)30(5)29(25-17-20(3)13-14-21(25)4)31(27)26-12-8-10-22-9-6-7-11-24(22)26/h6-19H,1-5H3/q+1. The monoisotopic (exact) mass is 405 g/mol. The number of aromatic nitrogens is 2. The number of hydrogen-bond acceptors (Lipinski definition) is 0. The van der Waals surface area contributed by atoms with E-state index in [0.717, 1.165) is 0 Å². The Hall–Kier alpha value is -3.39. The second kappa shape index (κ2) is 7.39. The summed E-state index contributed by atoms with van der Waals surface area (Å²) in [6, 6.07) is 28.9. The molecule has 2 heteroatoms. The molecule has 0 saturated carbocycles. The van der Waals surface area contributed by atoms with Gasteiger partial charge in [0.2, 0.25) is 0 Å². The highest BCUT2D eigenvalue weighted by molar-refractivity contribution is 5.90. The zero-order chi connectivity index (χ0) is 21.7. The molecule has 1 aromatic heterocycles. The number of benzene rings is 4. The van der Waals surface area contributed by atoms with E-state index >= 15 is 0 Å². The zero-order valence-corrected chi connectivity index (χ0v) is 19.0. The Bertz CT molecular complexity index is 1430. The molecule has 0 spiro atoms. The molecule has 0 radical (unpaired) electrons. The molecule has 4 aromatic carbocycles. The molecule has 0 unspecified atom stereocenters. The lowest BCUT2D eigenvalue weighted by Gasteiger charge is -2.09. The molecule has 0 fully saturated rings. The van der Waals surface area contributed by atoms with Crippen molar-refractivity contribution in [3.05, 3.63) is 95.6 Å². The number of imidazole rings is 1. The summed E-state index contributed by atoms with van der Waals surface area (Å²) < 4.78 is 4.81. The molecule has 0 aliphatic carbocycles. The molecule has 0 saturated heterocycles. The molecule has 1 heterocycles. The summed E-state index contributed by atoms with van der Waals surface area (Å²) in [5, 5.41) is 2.53. The average molecular weight is 406 g/mol. The second-order valence-corrected chi connectivity index (χ2v) is 8.94. The van der Waals surface area contributed by atoms with Gasteiger partial charge in [-0.1, -0.05) is 74.0 Å².